The number of non-ortho nitro benzene ring substituents is 1. The van der Waals surface area contributed by atoms with Crippen molar-refractivity contribution in [3.63, 3.8) is 0 Å². The van der Waals surface area contributed by atoms with Gasteiger partial charge in [-0.25, -0.2) is 0 Å². The number of hydrogen-bond acceptors (Lipinski definition) is 5. The molecule has 1 aliphatic carbocycles. The molecular formula is C25H29Cl2N3O4S. The van der Waals surface area contributed by atoms with Crippen LogP contribution in [0.2, 0.25) is 10.0 Å². The zero-order valence-corrected chi connectivity index (χ0v) is 21.9. The van der Waals surface area contributed by atoms with Gasteiger partial charge in [-0.1, -0.05) is 61.2 Å². The Bertz CT molecular complexity index is 1030. The summed E-state index contributed by atoms with van der Waals surface area (Å²) in [5, 5.41) is 14.8. The fourth-order valence-corrected chi connectivity index (χ4v) is 5.58. The van der Waals surface area contributed by atoms with Crippen molar-refractivity contribution in [2.45, 2.75) is 63.4 Å². The molecule has 1 atom stereocenters. The number of nitro groups is 1. The summed E-state index contributed by atoms with van der Waals surface area (Å²) in [5.74, 6) is 0.305. The second-order valence-corrected chi connectivity index (χ2v) is 10.4. The van der Waals surface area contributed by atoms with Crippen LogP contribution in [0.15, 0.2) is 42.5 Å². The summed E-state index contributed by atoms with van der Waals surface area (Å²) >= 11 is 14.2. The van der Waals surface area contributed by atoms with Crippen LogP contribution in [0, 0.1) is 10.1 Å². The van der Waals surface area contributed by atoms with E-state index in [1.54, 1.807) is 35.2 Å². The van der Waals surface area contributed by atoms with Crippen molar-refractivity contribution in [2.24, 2.45) is 0 Å². The van der Waals surface area contributed by atoms with E-state index in [9.17, 15) is 19.7 Å². The first-order valence-electron chi connectivity index (χ1n) is 11.6. The van der Waals surface area contributed by atoms with E-state index >= 15 is 0 Å². The van der Waals surface area contributed by atoms with Crippen molar-refractivity contribution >= 4 is 52.5 Å². The van der Waals surface area contributed by atoms with E-state index in [0.717, 1.165) is 31.2 Å². The first-order valence-corrected chi connectivity index (χ1v) is 13.5. The largest absolute Gasteiger partial charge is 0.352 e. The van der Waals surface area contributed by atoms with Crippen molar-refractivity contribution < 1.29 is 14.5 Å². The molecular weight excluding hydrogens is 509 g/mol. The van der Waals surface area contributed by atoms with Crippen molar-refractivity contribution in [2.75, 3.05) is 5.75 Å². The maximum atomic E-state index is 13.4. The molecule has 188 valence electrons. The summed E-state index contributed by atoms with van der Waals surface area (Å²) in [7, 11) is 0. The number of amides is 2. The van der Waals surface area contributed by atoms with Gasteiger partial charge in [-0.3, -0.25) is 19.7 Å². The van der Waals surface area contributed by atoms with E-state index < -0.39 is 11.0 Å². The highest BCUT2D eigenvalue weighted by Gasteiger charge is 2.31. The van der Waals surface area contributed by atoms with E-state index in [2.05, 4.69) is 5.32 Å². The van der Waals surface area contributed by atoms with Gasteiger partial charge in [0.15, 0.2) is 0 Å². The maximum absolute atomic E-state index is 13.4. The summed E-state index contributed by atoms with van der Waals surface area (Å²) in [6.45, 7) is 2.02. The molecule has 1 aliphatic rings. The van der Waals surface area contributed by atoms with E-state index in [-0.39, 0.29) is 35.8 Å². The molecule has 7 nitrogen and oxygen atoms in total. The quantitative estimate of drug-likeness (QED) is 0.280. The lowest BCUT2D eigenvalue weighted by atomic mass is 10.1. The zero-order chi connectivity index (χ0) is 25.4. The van der Waals surface area contributed by atoms with Crippen LogP contribution >= 0.6 is 35.0 Å². The van der Waals surface area contributed by atoms with Crippen LogP contribution in [-0.2, 0) is 21.9 Å². The van der Waals surface area contributed by atoms with Gasteiger partial charge in [0.2, 0.25) is 11.8 Å². The van der Waals surface area contributed by atoms with E-state index in [1.165, 1.54) is 23.9 Å². The normalized spacial score (nSPS) is 14.5. The average Bonchev–Trinajstić information content (AvgIpc) is 3.34. The lowest BCUT2D eigenvalue weighted by Gasteiger charge is -2.32. The van der Waals surface area contributed by atoms with Gasteiger partial charge in [0.05, 0.1) is 10.7 Å². The van der Waals surface area contributed by atoms with Crippen molar-refractivity contribution in [1.29, 1.82) is 0 Å². The van der Waals surface area contributed by atoms with Crippen LogP contribution in [0.25, 0.3) is 0 Å². The predicted octanol–water partition coefficient (Wildman–Crippen LogP) is 6.00. The lowest BCUT2D eigenvalue weighted by Crippen LogP contribution is -2.51. The fourth-order valence-electron chi connectivity index (χ4n) is 4.19. The molecule has 0 unspecified atom stereocenters. The van der Waals surface area contributed by atoms with Gasteiger partial charge in [-0.2, -0.15) is 0 Å². The van der Waals surface area contributed by atoms with Gasteiger partial charge in [-0.05, 0) is 37.0 Å². The summed E-state index contributed by atoms with van der Waals surface area (Å²) in [5.41, 5.74) is 1.51. The molecule has 0 saturated heterocycles. The smallest absolute Gasteiger partial charge is 0.269 e. The molecule has 0 bridgehead atoms. The Balaban J connectivity index is 1.73. The summed E-state index contributed by atoms with van der Waals surface area (Å²) in [6.07, 6.45) is 4.56. The molecule has 2 aromatic rings. The first-order chi connectivity index (χ1) is 16.8. The van der Waals surface area contributed by atoms with Gasteiger partial charge in [0, 0.05) is 46.1 Å². The van der Waals surface area contributed by atoms with Crippen LogP contribution in [0.3, 0.4) is 0 Å². The highest BCUT2D eigenvalue weighted by Crippen LogP contribution is 2.28. The number of hydrogen-bond donors (Lipinski definition) is 1. The van der Waals surface area contributed by atoms with Crippen molar-refractivity contribution in [1.82, 2.24) is 10.2 Å². The van der Waals surface area contributed by atoms with Crippen LogP contribution in [-0.4, -0.2) is 39.5 Å². The van der Waals surface area contributed by atoms with Gasteiger partial charge in [0.25, 0.3) is 5.69 Å². The van der Waals surface area contributed by atoms with Gasteiger partial charge in [0.1, 0.15) is 6.04 Å². The number of benzene rings is 2. The molecule has 1 saturated carbocycles. The van der Waals surface area contributed by atoms with E-state index in [1.807, 2.05) is 6.92 Å². The van der Waals surface area contributed by atoms with Gasteiger partial charge < -0.3 is 10.2 Å². The van der Waals surface area contributed by atoms with E-state index in [0.29, 0.717) is 27.8 Å². The number of nitrogens with zero attached hydrogens (tertiary/aromatic N) is 2. The third-order valence-corrected chi connectivity index (χ3v) is 7.82. The number of carbonyl (C=O) groups excluding carboxylic acids is 2. The minimum atomic E-state index is -0.643. The Morgan fingerprint density at radius 1 is 1.14 bits per heavy atom. The number of nitro benzene ring substituents is 1. The molecule has 0 aliphatic heterocycles. The molecule has 0 heterocycles. The molecule has 2 aromatic carbocycles. The molecule has 1 fully saturated rings. The minimum absolute atomic E-state index is 0.0247. The van der Waals surface area contributed by atoms with Gasteiger partial charge in [-0.15, -0.1) is 11.8 Å². The summed E-state index contributed by atoms with van der Waals surface area (Å²) in [4.78, 5) is 38.5. The number of rotatable bonds is 11. The molecule has 0 aromatic heterocycles. The summed E-state index contributed by atoms with van der Waals surface area (Å²) < 4.78 is 0. The third-order valence-electron chi connectivity index (χ3n) is 6.12. The van der Waals surface area contributed by atoms with Crippen molar-refractivity contribution in [3.05, 3.63) is 73.8 Å². The average molecular weight is 538 g/mol. The van der Waals surface area contributed by atoms with Gasteiger partial charge >= 0.3 is 0 Å². The second-order valence-electron chi connectivity index (χ2n) is 8.55. The standard InChI is InChI=1S/C25H29Cl2N3O4S/c1-2-23(25(32)28-18-6-3-4-7-18)29(14-20-21(26)8-5-9-22(20)27)24(31)16-35-15-17-10-12-19(13-11-17)30(33)34/h5,8-13,18,23H,2-4,6-7,14-16H2,1H3,(H,28,32)/t23-/m1/s1. The third kappa shape index (κ3) is 7.59. The number of carbonyl (C=O) groups is 2. The Morgan fingerprint density at radius 2 is 1.77 bits per heavy atom. The molecule has 35 heavy (non-hydrogen) atoms. The number of nitrogens with one attached hydrogen (secondary N) is 1. The minimum Gasteiger partial charge on any atom is -0.352 e. The van der Waals surface area contributed by atoms with Crippen LogP contribution in [0.4, 0.5) is 5.69 Å². The second kappa shape index (κ2) is 13.1. The number of halogens is 2. The van der Waals surface area contributed by atoms with Crippen LogP contribution < -0.4 is 5.32 Å². The topological polar surface area (TPSA) is 92.6 Å². The Kier molecular flexibility index (Phi) is 10.2. The van der Waals surface area contributed by atoms with E-state index in [4.69, 9.17) is 23.2 Å². The van der Waals surface area contributed by atoms with Crippen LogP contribution in [0.1, 0.15) is 50.2 Å². The molecule has 2 amide bonds. The molecule has 10 heteroatoms. The Hall–Kier alpha value is -2.29. The monoisotopic (exact) mass is 537 g/mol. The SMILES string of the molecule is CC[C@H](C(=O)NC1CCCC1)N(Cc1c(Cl)cccc1Cl)C(=O)CSCc1ccc([N+](=O)[O-])cc1. The predicted molar refractivity (Wildman–Crippen MR) is 141 cm³/mol. The maximum Gasteiger partial charge on any atom is 0.269 e. The highest BCUT2D eigenvalue weighted by atomic mass is 35.5. The van der Waals surface area contributed by atoms with Crippen LogP contribution in [0.5, 0.6) is 0 Å². The Morgan fingerprint density at radius 3 is 2.34 bits per heavy atom. The highest BCUT2D eigenvalue weighted by molar-refractivity contribution is 7.99. The first kappa shape index (κ1) is 27.3. The Labute approximate surface area is 219 Å². The molecule has 0 radical (unpaired) electrons. The number of thioether (sulfide) groups is 1. The fraction of sp³-hybridized carbons (Fsp3) is 0.440. The lowest BCUT2D eigenvalue weighted by molar-refractivity contribution is -0.384. The van der Waals surface area contributed by atoms with Crippen molar-refractivity contribution in [3.8, 4) is 0 Å². The molecule has 1 N–H and O–H groups in total. The molecule has 3 rings (SSSR count). The summed E-state index contributed by atoms with van der Waals surface area (Å²) in [6, 6.07) is 10.9. The zero-order valence-electron chi connectivity index (χ0n) is 19.5. The molecule has 0 spiro atoms.